The molecule has 0 aromatic heterocycles. The van der Waals surface area contributed by atoms with Gasteiger partial charge in [0.25, 0.3) is 0 Å². The minimum absolute atomic E-state index is 0.118. The number of carbonyl (C=O) groups is 1. The first-order valence-corrected chi connectivity index (χ1v) is 8.49. The van der Waals surface area contributed by atoms with Gasteiger partial charge in [0.1, 0.15) is 0 Å². The monoisotopic (exact) mass is 280 g/mol. The van der Waals surface area contributed by atoms with Gasteiger partial charge in [0.2, 0.25) is 5.91 Å². The summed E-state index contributed by atoms with van der Waals surface area (Å²) in [5.41, 5.74) is 5.74. The van der Waals surface area contributed by atoms with Crippen LogP contribution < -0.4 is 11.1 Å². The maximum Gasteiger partial charge on any atom is 0.223 e. The van der Waals surface area contributed by atoms with Crippen molar-refractivity contribution in [3.05, 3.63) is 0 Å². The van der Waals surface area contributed by atoms with Gasteiger partial charge in [-0.1, -0.05) is 39.5 Å². The molecule has 3 N–H and O–H groups in total. The molecule has 0 aromatic rings. The van der Waals surface area contributed by atoms with E-state index in [1.165, 1.54) is 32.1 Å². The van der Waals surface area contributed by atoms with Gasteiger partial charge < -0.3 is 11.1 Å². The summed E-state index contributed by atoms with van der Waals surface area (Å²) < 4.78 is 0. The summed E-state index contributed by atoms with van der Waals surface area (Å²) in [6, 6.07) is 0. The predicted molar refractivity (Wildman–Crippen MR) is 83.3 cm³/mol. The van der Waals surface area contributed by atoms with Crippen LogP contribution in [-0.4, -0.2) is 19.0 Å². The maximum absolute atomic E-state index is 12.4. The number of hydrogen-bond donors (Lipinski definition) is 2. The lowest BCUT2D eigenvalue weighted by molar-refractivity contribution is -0.127. The Morgan fingerprint density at radius 1 is 1.15 bits per heavy atom. The van der Waals surface area contributed by atoms with Crippen LogP contribution in [-0.2, 0) is 4.79 Å². The normalized spacial score (nSPS) is 30.6. The second-order valence-electron chi connectivity index (χ2n) is 7.74. The molecule has 1 amide bonds. The third kappa shape index (κ3) is 4.21. The van der Waals surface area contributed by atoms with Crippen LogP contribution in [0, 0.1) is 23.2 Å². The van der Waals surface area contributed by atoms with Gasteiger partial charge in [-0.25, -0.2) is 0 Å². The molecule has 0 bridgehead atoms. The molecule has 0 aromatic carbocycles. The van der Waals surface area contributed by atoms with Gasteiger partial charge in [-0.3, -0.25) is 4.79 Å². The average molecular weight is 280 g/mol. The zero-order valence-corrected chi connectivity index (χ0v) is 13.3. The summed E-state index contributed by atoms with van der Waals surface area (Å²) in [7, 11) is 0. The lowest BCUT2D eigenvalue weighted by Gasteiger charge is -2.39. The van der Waals surface area contributed by atoms with Gasteiger partial charge in [0, 0.05) is 12.5 Å². The van der Waals surface area contributed by atoms with Crippen molar-refractivity contribution in [1.82, 2.24) is 5.32 Å². The Labute approximate surface area is 124 Å². The molecular formula is C17H32N2O. The summed E-state index contributed by atoms with van der Waals surface area (Å²) in [5, 5.41) is 3.18. The van der Waals surface area contributed by atoms with Crippen molar-refractivity contribution < 1.29 is 4.79 Å². The number of hydrogen-bond acceptors (Lipinski definition) is 2. The van der Waals surface area contributed by atoms with Gasteiger partial charge in [0.15, 0.2) is 0 Å². The summed E-state index contributed by atoms with van der Waals surface area (Å²) in [6.07, 6.45) is 10.0. The van der Waals surface area contributed by atoms with Gasteiger partial charge in [-0.05, 0) is 49.5 Å². The fraction of sp³-hybridized carbons (Fsp3) is 0.941. The molecule has 0 aliphatic heterocycles. The van der Waals surface area contributed by atoms with E-state index in [1.54, 1.807) is 0 Å². The van der Waals surface area contributed by atoms with E-state index in [2.05, 4.69) is 19.2 Å². The van der Waals surface area contributed by atoms with Crippen LogP contribution in [0.25, 0.3) is 0 Å². The van der Waals surface area contributed by atoms with Crippen molar-refractivity contribution in [2.45, 2.75) is 65.2 Å². The fourth-order valence-electron chi connectivity index (χ4n) is 4.06. The van der Waals surface area contributed by atoms with Crippen LogP contribution in [0.3, 0.4) is 0 Å². The van der Waals surface area contributed by atoms with Crippen LogP contribution >= 0.6 is 0 Å². The van der Waals surface area contributed by atoms with Gasteiger partial charge >= 0.3 is 0 Å². The van der Waals surface area contributed by atoms with Crippen LogP contribution in [0.2, 0.25) is 0 Å². The fourth-order valence-corrected chi connectivity index (χ4v) is 4.06. The molecule has 20 heavy (non-hydrogen) atoms. The minimum Gasteiger partial charge on any atom is -0.355 e. The third-order valence-corrected chi connectivity index (χ3v) is 5.47. The first-order chi connectivity index (χ1) is 9.52. The van der Waals surface area contributed by atoms with E-state index >= 15 is 0 Å². The quantitative estimate of drug-likeness (QED) is 0.813. The Hall–Kier alpha value is -0.570. The van der Waals surface area contributed by atoms with Gasteiger partial charge in [0.05, 0.1) is 0 Å². The first kappa shape index (κ1) is 15.8. The molecule has 0 heterocycles. The van der Waals surface area contributed by atoms with Crippen molar-refractivity contribution in [1.29, 1.82) is 0 Å². The molecule has 3 nitrogen and oxygen atoms in total. The Morgan fingerprint density at radius 3 is 2.55 bits per heavy atom. The Balaban J connectivity index is 1.78. The summed E-state index contributed by atoms with van der Waals surface area (Å²) in [6.45, 7) is 5.81. The Bertz CT molecular complexity index is 327. The van der Waals surface area contributed by atoms with E-state index in [4.69, 9.17) is 5.73 Å². The molecule has 0 radical (unpaired) electrons. The van der Waals surface area contributed by atoms with E-state index in [0.717, 1.165) is 37.6 Å². The van der Waals surface area contributed by atoms with Crippen molar-refractivity contribution in [2.75, 3.05) is 13.1 Å². The van der Waals surface area contributed by atoms with Crippen LogP contribution in [0.4, 0.5) is 0 Å². The van der Waals surface area contributed by atoms with Crippen LogP contribution in [0.1, 0.15) is 65.2 Å². The average Bonchev–Trinajstić information content (AvgIpc) is 2.44. The number of fused-ring (bicyclic) bond motifs is 1. The molecule has 3 heteroatoms. The third-order valence-electron chi connectivity index (χ3n) is 5.47. The number of carbonyl (C=O) groups excluding carboxylic acids is 1. The Morgan fingerprint density at radius 2 is 1.85 bits per heavy atom. The van der Waals surface area contributed by atoms with E-state index in [1.807, 2.05) is 0 Å². The first-order valence-electron chi connectivity index (χ1n) is 8.49. The lowest BCUT2D eigenvalue weighted by atomic mass is 9.67. The highest BCUT2D eigenvalue weighted by molar-refractivity contribution is 5.78. The van der Waals surface area contributed by atoms with E-state index in [0.29, 0.717) is 12.5 Å². The van der Waals surface area contributed by atoms with Crippen molar-refractivity contribution in [3.8, 4) is 0 Å². The zero-order chi connectivity index (χ0) is 14.6. The number of nitrogens with two attached hydrogens (primary N) is 1. The topological polar surface area (TPSA) is 55.1 Å². The second kappa shape index (κ2) is 6.93. The highest BCUT2D eigenvalue weighted by Crippen LogP contribution is 2.42. The predicted octanol–water partition coefficient (Wildman–Crippen LogP) is 3.08. The lowest BCUT2D eigenvalue weighted by Crippen LogP contribution is -2.41. The van der Waals surface area contributed by atoms with E-state index < -0.39 is 0 Å². The van der Waals surface area contributed by atoms with E-state index in [-0.39, 0.29) is 11.3 Å². The highest BCUT2D eigenvalue weighted by atomic mass is 16.1. The highest BCUT2D eigenvalue weighted by Gasteiger charge is 2.35. The molecule has 0 saturated heterocycles. The molecule has 2 aliphatic rings. The van der Waals surface area contributed by atoms with Gasteiger partial charge in [-0.15, -0.1) is 0 Å². The van der Waals surface area contributed by atoms with Crippen molar-refractivity contribution in [2.24, 2.45) is 28.9 Å². The molecule has 3 unspecified atom stereocenters. The summed E-state index contributed by atoms with van der Waals surface area (Å²) in [4.78, 5) is 12.4. The molecule has 3 atom stereocenters. The van der Waals surface area contributed by atoms with Crippen molar-refractivity contribution in [3.63, 3.8) is 0 Å². The van der Waals surface area contributed by atoms with Crippen LogP contribution in [0.15, 0.2) is 0 Å². The smallest absolute Gasteiger partial charge is 0.223 e. The molecule has 2 aliphatic carbocycles. The molecule has 116 valence electrons. The summed E-state index contributed by atoms with van der Waals surface area (Å²) in [5.74, 6) is 2.30. The number of nitrogens with one attached hydrogen (secondary N) is 1. The maximum atomic E-state index is 12.4. The molecule has 2 saturated carbocycles. The zero-order valence-electron chi connectivity index (χ0n) is 13.3. The molecular weight excluding hydrogens is 248 g/mol. The standard InChI is InChI=1S/C17H32N2O/c1-17(2,9-10-18)12-19-16(20)15-8-7-13-5-3-4-6-14(13)11-15/h13-15H,3-12,18H2,1-2H3,(H,19,20). The number of amides is 1. The summed E-state index contributed by atoms with van der Waals surface area (Å²) >= 11 is 0. The van der Waals surface area contributed by atoms with E-state index in [9.17, 15) is 4.79 Å². The van der Waals surface area contributed by atoms with Gasteiger partial charge in [-0.2, -0.15) is 0 Å². The van der Waals surface area contributed by atoms with Crippen molar-refractivity contribution >= 4 is 5.91 Å². The largest absolute Gasteiger partial charge is 0.355 e. The minimum atomic E-state index is 0.118. The SMILES string of the molecule is CC(C)(CCN)CNC(=O)C1CCC2CCCCC2C1. The molecule has 2 rings (SSSR count). The molecule has 0 spiro atoms. The Kier molecular flexibility index (Phi) is 5.48. The second-order valence-corrected chi connectivity index (χ2v) is 7.74. The molecule has 2 fully saturated rings. The number of rotatable bonds is 5. The van der Waals surface area contributed by atoms with Crippen LogP contribution in [0.5, 0.6) is 0 Å².